The number of methoxy groups -OCH3 is 2. The molecule has 2 heterocycles. The lowest BCUT2D eigenvalue weighted by atomic mass is 10.1. The van der Waals surface area contributed by atoms with Gasteiger partial charge < -0.3 is 19.2 Å². The molecule has 1 aromatic carbocycles. The van der Waals surface area contributed by atoms with E-state index in [0.29, 0.717) is 25.5 Å². The van der Waals surface area contributed by atoms with E-state index < -0.39 is 0 Å². The second kappa shape index (κ2) is 10.6. The predicted octanol–water partition coefficient (Wildman–Crippen LogP) is 3.43. The Morgan fingerprint density at radius 3 is 2.71 bits per heavy atom. The van der Waals surface area contributed by atoms with Gasteiger partial charge in [-0.3, -0.25) is 14.7 Å². The Morgan fingerprint density at radius 2 is 2.03 bits per heavy atom. The van der Waals surface area contributed by atoms with Gasteiger partial charge in [-0.25, -0.2) is 4.98 Å². The molecule has 0 spiro atoms. The van der Waals surface area contributed by atoms with E-state index in [4.69, 9.17) is 13.9 Å². The topological polar surface area (TPSA) is 89.7 Å². The van der Waals surface area contributed by atoms with Gasteiger partial charge in [0.15, 0.2) is 5.69 Å². The molecule has 1 amide bonds. The van der Waals surface area contributed by atoms with Gasteiger partial charge in [0, 0.05) is 43.2 Å². The summed E-state index contributed by atoms with van der Waals surface area (Å²) in [6, 6.07) is 9.71. The number of amides is 1. The van der Waals surface area contributed by atoms with Crippen molar-refractivity contribution in [3.05, 3.63) is 71.7 Å². The number of hydrogen-bond donors (Lipinski definition) is 1. The highest BCUT2D eigenvalue weighted by Crippen LogP contribution is 2.26. The van der Waals surface area contributed by atoms with Crippen LogP contribution in [-0.2, 0) is 19.6 Å². The molecule has 0 fully saturated rings. The number of ether oxygens (including phenoxy) is 2. The zero-order valence-electron chi connectivity index (χ0n) is 18.3. The maximum atomic E-state index is 12.4. The number of benzene rings is 1. The summed E-state index contributed by atoms with van der Waals surface area (Å²) >= 11 is 0. The summed E-state index contributed by atoms with van der Waals surface area (Å²) in [5.41, 5.74) is 2.20. The summed E-state index contributed by atoms with van der Waals surface area (Å²) in [5.74, 6) is 1.69. The molecular weight excluding hydrogens is 396 g/mol. The number of nitrogens with zero attached hydrogens (tertiary/aromatic N) is 3. The number of oxazole rings is 1. The molecule has 164 valence electrons. The van der Waals surface area contributed by atoms with Crippen molar-refractivity contribution < 1.29 is 18.7 Å². The van der Waals surface area contributed by atoms with Gasteiger partial charge in [0.1, 0.15) is 17.8 Å². The largest absolute Gasteiger partial charge is 0.497 e. The first-order valence-electron chi connectivity index (χ1n) is 10.1. The molecule has 1 N–H and O–H groups in total. The Hall–Kier alpha value is -3.39. The van der Waals surface area contributed by atoms with Crippen molar-refractivity contribution in [1.29, 1.82) is 0 Å². The maximum absolute atomic E-state index is 12.4. The molecule has 2 aromatic heterocycles. The first-order valence-corrected chi connectivity index (χ1v) is 10.1. The SMILES string of the molecule is COc1ccc(CN(Cc2nc(C(=O)NCc3cccnc3)co2)C(C)C)c(OC)c1. The van der Waals surface area contributed by atoms with Crippen LogP contribution in [0.1, 0.15) is 41.4 Å². The van der Waals surface area contributed by atoms with Crippen LogP contribution in [-0.4, -0.2) is 41.0 Å². The second-order valence-corrected chi connectivity index (χ2v) is 7.35. The van der Waals surface area contributed by atoms with E-state index in [1.54, 1.807) is 26.6 Å². The third-order valence-electron chi connectivity index (χ3n) is 4.90. The maximum Gasteiger partial charge on any atom is 0.273 e. The third-order valence-corrected chi connectivity index (χ3v) is 4.90. The zero-order chi connectivity index (χ0) is 22.2. The molecule has 0 aliphatic heterocycles. The summed E-state index contributed by atoms with van der Waals surface area (Å²) in [6.07, 6.45) is 4.79. The smallest absolute Gasteiger partial charge is 0.273 e. The van der Waals surface area contributed by atoms with Crippen LogP contribution in [0.2, 0.25) is 0 Å². The minimum atomic E-state index is -0.285. The van der Waals surface area contributed by atoms with Gasteiger partial charge in [0.25, 0.3) is 5.91 Å². The van der Waals surface area contributed by atoms with Crippen LogP contribution < -0.4 is 14.8 Å². The molecular formula is C23H28N4O4. The second-order valence-electron chi connectivity index (χ2n) is 7.35. The molecule has 3 rings (SSSR count). The highest BCUT2D eigenvalue weighted by atomic mass is 16.5. The molecule has 0 atom stereocenters. The van der Waals surface area contributed by atoms with Gasteiger partial charge in [-0.15, -0.1) is 0 Å². The first-order chi connectivity index (χ1) is 15.0. The summed E-state index contributed by atoms with van der Waals surface area (Å²) in [6.45, 7) is 5.67. The highest BCUT2D eigenvalue weighted by Gasteiger charge is 2.18. The Balaban J connectivity index is 1.64. The fourth-order valence-electron chi connectivity index (χ4n) is 3.06. The average Bonchev–Trinajstić information content (AvgIpc) is 3.26. The molecule has 8 heteroatoms. The van der Waals surface area contributed by atoms with Crippen molar-refractivity contribution >= 4 is 5.91 Å². The van der Waals surface area contributed by atoms with Crippen molar-refractivity contribution in [2.75, 3.05) is 14.2 Å². The van der Waals surface area contributed by atoms with E-state index in [1.807, 2.05) is 30.3 Å². The number of hydrogen-bond acceptors (Lipinski definition) is 7. The fourth-order valence-corrected chi connectivity index (χ4v) is 3.06. The van der Waals surface area contributed by atoms with Crippen LogP contribution in [0.4, 0.5) is 0 Å². The van der Waals surface area contributed by atoms with E-state index in [2.05, 4.69) is 34.0 Å². The monoisotopic (exact) mass is 424 g/mol. The summed E-state index contributed by atoms with van der Waals surface area (Å²) in [7, 11) is 3.27. The Morgan fingerprint density at radius 1 is 1.19 bits per heavy atom. The van der Waals surface area contributed by atoms with Crippen LogP contribution in [0.25, 0.3) is 0 Å². The van der Waals surface area contributed by atoms with E-state index >= 15 is 0 Å². The predicted molar refractivity (Wildman–Crippen MR) is 116 cm³/mol. The minimum absolute atomic E-state index is 0.224. The van der Waals surface area contributed by atoms with Gasteiger partial charge in [-0.2, -0.15) is 0 Å². The number of pyridine rings is 1. The lowest BCUT2D eigenvalue weighted by molar-refractivity contribution is 0.0945. The summed E-state index contributed by atoms with van der Waals surface area (Å²) in [5, 5.41) is 2.83. The van der Waals surface area contributed by atoms with Gasteiger partial charge >= 0.3 is 0 Å². The number of carbonyl (C=O) groups is 1. The first kappa shape index (κ1) is 22.3. The van der Waals surface area contributed by atoms with Crippen LogP contribution >= 0.6 is 0 Å². The lowest BCUT2D eigenvalue weighted by Gasteiger charge is -2.26. The quantitative estimate of drug-likeness (QED) is 0.533. The molecule has 8 nitrogen and oxygen atoms in total. The van der Waals surface area contributed by atoms with Crippen molar-refractivity contribution in [2.24, 2.45) is 0 Å². The van der Waals surface area contributed by atoms with Crippen molar-refractivity contribution in [1.82, 2.24) is 20.2 Å². The van der Waals surface area contributed by atoms with Crippen LogP contribution in [0, 0.1) is 0 Å². The molecule has 0 unspecified atom stereocenters. The summed E-state index contributed by atoms with van der Waals surface area (Å²) in [4.78, 5) is 23.0. The van der Waals surface area contributed by atoms with E-state index in [9.17, 15) is 4.79 Å². The van der Waals surface area contributed by atoms with Crippen LogP contribution in [0.5, 0.6) is 11.5 Å². The Kier molecular flexibility index (Phi) is 7.61. The average molecular weight is 425 g/mol. The highest BCUT2D eigenvalue weighted by molar-refractivity contribution is 5.91. The van der Waals surface area contributed by atoms with Crippen molar-refractivity contribution in [3.63, 3.8) is 0 Å². The van der Waals surface area contributed by atoms with Gasteiger partial charge in [-0.05, 0) is 31.5 Å². The Bertz CT molecular complexity index is 988. The molecule has 0 bridgehead atoms. The van der Waals surface area contributed by atoms with Crippen LogP contribution in [0.15, 0.2) is 53.4 Å². The zero-order valence-corrected chi connectivity index (χ0v) is 18.3. The van der Waals surface area contributed by atoms with Gasteiger partial charge in [0.2, 0.25) is 5.89 Å². The fraction of sp³-hybridized carbons (Fsp3) is 0.348. The number of aromatic nitrogens is 2. The van der Waals surface area contributed by atoms with Crippen molar-refractivity contribution in [2.45, 2.75) is 39.5 Å². The number of carbonyl (C=O) groups excluding carboxylic acids is 1. The summed E-state index contributed by atoms with van der Waals surface area (Å²) < 4.78 is 16.4. The van der Waals surface area contributed by atoms with E-state index in [0.717, 1.165) is 22.6 Å². The standard InChI is InChI=1S/C23H28N4O4/c1-16(2)27(13-18-7-8-19(29-3)10-21(18)30-4)14-22-26-20(15-31-22)23(28)25-12-17-6-5-9-24-11-17/h5-11,15-16H,12-14H2,1-4H3,(H,25,28). The molecule has 3 aromatic rings. The molecule has 0 radical (unpaired) electrons. The van der Waals surface area contributed by atoms with E-state index in [-0.39, 0.29) is 17.6 Å². The van der Waals surface area contributed by atoms with Crippen LogP contribution in [0.3, 0.4) is 0 Å². The number of nitrogens with one attached hydrogen (secondary N) is 1. The molecule has 0 aliphatic rings. The molecule has 0 saturated heterocycles. The molecule has 0 aliphatic carbocycles. The molecule has 31 heavy (non-hydrogen) atoms. The van der Waals surface area contributed by atoms with Crippen molar-refractivity contribution in [3.8, 4) is 11.5 Å². The number of rotatable bonds is 10. The van der Waals surface area contributed by atoms with Gasteiger partial charge in [-0.1, -0.05) is 12.1 Å². The normalized spacial score (nSPS) is 11.0. The third kappa shape index (κ3) is 6.05. The van der Waals surface area contributed by atoms with Gasteiger partial charge in [0.05, 0.1) is 20.8 Å². The Labute approximate surface area is 182 Å². The minimum Gasteiger partial charge on any atom is -0.497 e. The van der Waals surface area contributed by atoms with E-state index in [1.165, 1.54) is 6.26 Å². The molecule has 0 saturated carbocycles. The lowest BCUT2D eigenvalue weighted by Crippen LogP contribution is -2.30.